The second-order valence-corrected chi connectivity index (χ2v) is 8.13. The fraction of sp³-hybridized carbons (Fsp3) is 0.600. The van der Waals surface area contributed by atoms with E-state index >= 15 is 0 Å². The monoisotopic (exact) mass is 411 g/mol. The summed E-state index contributed by atoms with van der Waals surface area (Å²) < 4.78 is 66.7. The third-order valence-corrected chi connectivity index (χ3v) is 6.29. The summed E-state index contributed by atoms with van der Waals surface area (Å²) in [5, 5.41) is 8.69. The van der Waals surface area contributed by atoms with Gasteiger partial charge in [-0.2, -0.15) is 13.2 Å². The topological polar surface area (TPSA) is 49.2 Å². The summed E-state index contributed by atoms with van der Waals surface area (Å²) in [5.74, 6) is -1.37. The van der Waals surface area contributed by atoms with Crippen molar-refractivity contribution in [2.24, 2.45) is 5.92 Å². The van der Waals surface area contributed by atoms with Crippen LogP contribution < -0.4 is 0 Å². The highest BCUT2D eigenvalue weighted by Crippen LogP contribution is 2.44. The summed E-state index contributed by atoms with van der Waals surface area (Å²) in [6.07, 6.45) is -2.45. The van der Waals surface area contributed by atoms with Crippen molar-refractivity contribution in [1.29, 1.82) is 0 Å². The molecule has 3 heterocycles. The Morgan fingerprint density at radius 2 is 1.72 bits per heavy atom. The van der Waals surface area contributed by atoms with Crippen molar-refractivity contribution in [2.45, 2.75) is 56.4 Å². The minimum atomic E-state index is -4.15. The molecule has 5 nitrogen and oxygen atoms in total. The van der Waals surface area contributed by atoms with E-state index in [0.717, 1.165) is 11.3 Å². The average molecular weight is 411 g/mol. The molecule has 1 aromatic heterocycles. The van der Waals surface area contributed by atoms with Gasteiger partial charge in [-0.1, -0.05) is 0 Å². The number of ether oxygens (including phenoxy) is 2. The molecular formula is C20H21F4N3O2. The second-order valence-electron chi connectivity index (χ2n) is 8.13. The Morgan fingerprint density at radius 1 is 1.00 bits per heavy atom. The Kier molecular flexibility index (Phi) is 4.43. The van der Waals surface area contributed by atoms with Gasteiger partial charge >= 0.3 is 6.18 Å². The predicted molar refractivity (Wildman–Crippen MR) is 94.1 cm³/mol. The van der Waals surface area contributed by atoms with Gasteiger partial charge < -0.3 is 9.47 Å². The van der Waals surface area contributed by atoms with Crippen LogP contribution in [0, 0.1) is 11.7 Å². The van der Waals surface area contributed by atoms with E-state index in [0.29, 0.717) is 50.5 Å². The van der Waals surface area contributed by atoms with Gasteiger partial charge in [-0.25, -0.2) is 4.39 Å². The molecule has 1 saturated heterocycles. The minimum Gasteiger partial charge on any atom is -0.347 e. The first-order valence-electron chi connectivity index (χ1n) is 9.92. The number of benzene rings is 1. The largest absolute Gasteiger partial charge is 0.391 e. The lowest BCUT2D eigenvalue weighted by atomic mass is 9.81. The van der Waals surface area contributed by atoms with Crippen LogP contribution in [0.15, 0.2) is 18.2 Å². The standard InChI is InChI=1S/C20H21F4N3O2/c21-15-5-6-16-13(9-15)10-19(28-7-8-29-19)11-17-25-26-18(27(16)17)12-1-3-14(4-2-12)20(22,23)24/h5-6,9,12,14H,1-4,7-8,10-11H2. The van der Waals surface area contributed by atoms with Crippen molar-refractivity contribution in [3.05, 3.63) is 41.2 Å². The van der Waals surface area contributed by atoms with Gasteiger partial charge in [-0.15, -0.1) is 10.2 Å². The Balaban J connectivity index is 1.53. The van der Waals surface area contributed by atoms with E-state index in [1.807, 2.05) is 4.57 Å². The molecular weight excluding hydrogens is 390 g/mol. The lowest BCUT2D eigenvalue weighted by Gasteiger charge is -2.29. The van der Waals surface area contributed by atoms with Crippen LogP contribution in [0.3, 0.4) is 0 Å². The maximum atomic E-state index is 14.0. The van der Waals surface area contributed by atoms with Gasteiger partial charge in [0.2, 0.25) is 0 Å². The van der Waals surface area contributed by atoms with E-state index in [9.17, 15) is 17.6 Å². The normalized spacial score (nSPS) is 26.2. The summed E-state index contributed by atoms with van der Waals surface area (Å²) >= 11 is 0. The van der Waals surface area contributed by atoms with E-state index in [-0.39, 0.29) is 24.6 Å². The highest BCUT2D eigenvalue weighted by Gasteiger charge is 2.45. The van der Waals surface area contributed by atoms with Crippen molar-refractivity contribution < 1.29 is 27.0 Å². The smallest absolute Gasteiger partial charge is 0.347 e. The summed E-state index contributed by atoms with van der Waals surface area (Å²) in [4.78, 5) is 0. The molecule has 9 heteroatoms. The summed E-state index contributed by atoms with van der Waals surface area (Å²) in [6, 6.07) is 4.51. The van der Waals surface area contributed by atoms with E-state index < -0.39 is 17.9 Å². The molecule has 1 saturated carbocycles. The van der Waals surface area contributed by atoms with Crippen LogP contribution >= 0.6 is 0 Å². The first-order chi connectivity index (χ1) is 13.8. The number of halogens is 4. The molecule has 156 valence electrons. The third kappa shape index (κ3) is 3.34. The fourth-order valence-electron chi connectivity index (χ4n) is 4.86. The number of aromatic nitrogens is 3. The zero-order valence-corrected chi connectivity index (χ0v) is 15.7. The molecule has 0 N–H and O–H groups in total. The molecule has 0 unspecified atom stereocenters. The number of hydrogen-bond acceptors (Lipinski definition) is 4. The number of alkyl halides is 3. The van der Waals surface area contributed by atoms with E-state index in [4.69, 9.17) is 9.47 Å². The lowest BCUT2D eigenvalue weighted by molar-refractivity contribution is -0.182. The van der Waals surface area contributed by atoms with Crippen LogP contribution in [0.4, 0.5) is 17.6 Å². The molecule has 3 aliphatic rings. The van der Waals surface area contributed by atoms with Crippen molar-refractivity contribution in [3.8, 4) is 5.69 Å². The summed E-state index contributed by atoms with van der Waals surface area (Å²) in [5.41, 5.74) is 1.46. The summed E-state index contributed by atoms with van der Waals surface area (Å²) in [7, 11) is 0. The molecule has 2 fully saturated rings. The predicted octanol–water partition coefficient (Wildman–Crippen LogP) is 4.08. The van der Waals surface area contributed by atoms with Crippen molar-refractivity contribution in [2.75, 3.05) is 13.2 Å². The molecule has 5 rings (SSSR count). The van der Waals surface area contributed by atoms with Gasteiger partial charge in [0.25, 0.3) is 0 Å². The van der Waals surface area contributed by atoms with Crippen molar-refractivity contribution >= 4 is 0 Å². The lowest BCUT2D eigenvalue weighted by Crippen LogP contribution is -2.35. The average Bonchev–Trinajstić information content (AvgIpc) is 3.26. The third-order valence-electron chi connectivity index (χ3n) is 6.29. The maximum Gasteiger partial charge on any atom is 0.391 e. The first kappa shape index (κ1) is 19.0. The van der Waals surface area contributed by atoms with Gasteiger partial charge in [-0.3, -0.25) is 4.57 Å². The van der Waals surface area contributed by atoms with E-state index in [1.165, 1.54) is 12.1 Å². The molecule has 0 atom stereocenters. The van der Waals surface area contributed by atoms with Crippen LogP contribution in [0.25, 0.3) is 5.69 Å². The Morgan fingerprint density at radius 3 is 2.41 bits per heavy atom. The Bertz CT molecular complexity index is 913. The Labute approximate surface area is 165 Å². The van der Waals surface area contributed by atoms with Crippen LogP contribution in [0.2, 0.25) is 0 Å². The Hall–Kier alpha value is -2.00. The maximum absolute atomic E-state index is 14.0. The quantitative estimate of drug-likeness (QED) is 0.664. The molecule has 0 bridgehead atoms. The fourth-order valence-corrected chi connectivity index (χ4v) is 4.86. The molecule has 1 spiro atoms. The minimum absolute atomic E-state index is 0.0861. The number of hydrogen-bond donors (Lipinski definition) is 0. The molecule has 2 aliphatic heterocycles. The van der Waals surface area contributed by atoms with Crippen molar-refractivity contribution in [1.82, 2.24) is 14.8 Å². The van der Waals surface area contributed by atoms with Crippen LogP contribution in [0.1, 0.15) is 48.8 Å². The SMILES string of the molecule is Fc1ccc2c(c1)CC1(Cc3nnc(C4CCC(C(F)(F)F)CC4)n3-2)OCCO1. The second kappa shape index (κ2) is 6.77. The first-order valence-corrected chi connectivity index (χ1v) is 9.92. The molecule has 1 aromatic carbocycles. The zero-order chi connectivity index (χ0) is 20.2. The van der Waals surface area contributed by atoms with Gasteiger partial charge in [-0.05, 0) is 49.4 Å². The molecule has 0 amide bonds. The summed E-state index contributed by atoms with van der Waals surface area (Å²) in [6.45, 7) is 0.903. The van der Waals surface area contributed by atoms with Crippen LogP contribution in [-0.4, -0.2) is 39.9 Å². The number of fused-ring (bicyclic) bond motifs is 3. The highest BCUT2D eigenvalue weighted by atomic mass is 19.4. The van der Waals surface area contributed by atoms with Gasteiger partial charge in [0.05, 0.1) is 31.2 Å². The number of rotatable bonds is 1. The molecule has 2 aromatic rings. The highest BCUT2D eigenvalue weighted by molar-refractivity contribution is 5.46. The van der Waals surface area contributed by atoms with E-state index in [1.54, 1.807) is 6.07 Å². The van der Waals surface area contributed by atoms with Crippen LogP contribution in [-0.2, 0) is 22.3 Å². The van der Waals surface area contributed by atoms with Gasteiger partial charge in [0, 0.05) is 12.3 Å². The molecule has 1 aliphatic carbocycles. The number of nitrogens with zero attached hydrogens (tertiary/aromatic N) is 3. The van der Waals surface area contributed by atoms with E-state index in [2.05, 4.69) is 10.2 Å². The van der Waals surface area contributed by atoms with Gasteiger partial charge in [0.1, 0.15) is 17.5 Å². The van der Waals surface area contributed by atoms with Gasteiger partial charge in [0.15, 0.2) is 5.79 Å². The molecule has 0 radical (unpaired) electrons. The molecule has 29 heavy (non-hydrogen) atoms. The zero-order valence-electron chi connectivity index (χ0n) is 15.7. The van der Waals surface area contributed by atoms with Crippen molar-refractivity contribution in [3.63, 3.8) is 0 Å². The van der Waals surface area contributed by atoms with Crippen LogP contribution in [0.5, 0.6) is 0 Å².